The summed E-state index contributed by atoms with van der Waals surface area (Å²) in [5.74, 6) is -1.17. The van der Waals surface area contributed by atoms with Crippen LogP contribution >= 0.6 is 0 Å². The molecule has 0 bridgehead atoms. The van der Waals surface area contributed by atoms with Crippen LogP contribution in [0.4, 0.5) is 11.4 Å². The molecular weight excluding hydrogens is 260 g/mol. The smallest absolute Gasteiger partial charge is 0.303 e. The molecule has 0 aromatic heterocycles. The van der Waals surface area contributed by atoms with E-state index in [-0.39, 0.29) is 30.6 Å². The Kier molecular flexibility index (Phi) is 4.34. The van der Waals surface area contributed by atoms with Gasteiger partial charge in [-0.1, -0.05) is 0 Å². The van der Waals surface area contributed by atoms with Gasteiger partial charge in [0.25, 0.3) is 0 Å². The van der Waals surface area contributed by atoms with Crippen molar-refractivity contribution in [2.45, 2.75) is 25.7 Å². The van der Waals surface area contributed by atoms with Gasteiger partial charge in [0, 0.05) is 23.7 Å². The average Bonchev–Trinajstić information content (AvgIpc) is 3.23. The van der Waals surface area contributed by atoms with Crippen LogP contribution in [0.15, 0.2) is 24.3 Å². The van der Waals surface area contributed by atoms with E-state index in [2.05, 4.69) is 10.6 Å². The van der Waals surface area contributed by atoms with Crippen LogP contribution in [0.5, 0.6) is 0 Å². The van der Waals surface area contributed by atoms with Crippen molar-refractivity contribution in [1.82, 2.24) is 0 Å². The monoisotopic (exact) mass is 276 g/mol. The van der Waals surface area contributed by atoms with Crippen LogP contribution < -0.4 is 10.6 Å². The van der Waals surface area contributed by atoms with Crippen LogP contribution in [0.1, 0.15) is 25.7 Å². The number of hydrogen-bond acceptors (Lipinski definition) is 3. The van der Waals surface area contributed by atoms with E-state index in [0.717, 1.165) is 12.8 Å². The second-order valence-electron chi connectivity index (χ2n) is 4.78. The standard InChI is InChI=1S/C14H16N2O4/c17-12(7-8-13(18)19)15-10-3-5-11(6-4-10)16-14(20)9-1-2-9/h3-6,9H,1-2,7-8H2,(H,15,17)(H,16,20)(H,18,19). The van der Waals surface area contributed by atoms with E-state index in [1.165, 1.54) is 0 Å². The third-order valence-electron chi connectivity index (χ3n) is 2.95. The molecule has 1 aromatic rings. The first-order chi connectivity index (χ1) is 9.54. The number of carboxylic acid groups (broad SMARTS) is 1. The number of amides is 2. The lowest BCUT2D eigenvalue weighted by Gasteiger charge is -2.07. The number of hydrogen-bond donors (Lipinski definition) is 3. The van der Waals surface area contributed by atoms with Crippen molar-refractivity contribution in [1.29, 1.82) is 0 Å². The predicted octanol–water partition coefficient (Wildman–Crippen LogP) is 1.84. The number of anilines is 2. The third-order valence-corrected chi connectivity index (χ3v) is 2.95. The van der Waals surface area contributed by atoms with Crippen LogP contribution in [0.25, 0.3) is 0 Å². The molecule has 1 fully saturated rings. The topological polar surface area (TPSA) is 95.5 Å². The van der Waals surface area contributed by atoms with E-state index in [1.807, 2.05) is 0 Å². The van der Waals surface area contributed by atoms with Crippen molar-refractivity contribution in [3.05, 3.63) is 24.3 Å². The van der Waals surface area contributed by atoms with Crippen LogP contribution in [0.3, 0.4) is 0 Å². The van der Waals surface area contributed by atoms with Crippen LogP contribution in [-0.4, -0.2) is 22.9 Å². The molecule has 2 amide bonds. The van der Waals surface area contributed by atoms with E-state index in [1.54, 1.807) is 24.3 Å². The summed E-state index contributed by atoms with van der Waals surface area (Å²) in [4.78, 5) is 33.3. The van der Waals surface area contributed by atoms with Gasteiger partial charge in [-0.25, -0.2) is 0 Å². The molecule has 6 heteroatoms. The summed E-state index contributed by atoms with van der Waals surface area (Å²) in [5, 5.41) is 13.9. The van der Waals surface area contributed by atoms with Gasteiger partial charge in [0.2, 0.25) is 11.8 Å². The Morgan fingerprint density at radius 2 is 1.55 bits per heavy atom. The Morgan fingerprint density at radius 3 is 2.05 bits per heavy atom. The molecule has 0 atom stereocenters. The number of aliphatic carboxylic acids is 1. The molecule has 1 saturated carbocycles. The van der Waals surface area contributed by atoms with Gasteiger partial charge in [0.1, 0.15) is 0 Å². The Bertz CT molecular complexity index is 520. The summed E-state index contributed by atoms with van der Waals surface area (Å²) in [5.41, 5.74) is 1.26. The highest BCUT2D eigenvalue weighted by atomic mass is 16.4. The minimum Gasteiger partial charge on any atom is -0.481 e. The number of carbonyl (C=O) groups excluding carboxylic acids is 2. The molecule has 6 nitrogen and oxygen atoms in total. The van der Waals surface area contributed by atoms with Crippen molar-refractivity contribution >= 4 is 29.2 Å². The Labute approximate surface area is 116 Å². The van der Waals surface area contributed by atoms with Gasteiger partial charge < -0.3 is 15.7 Å². The molecule has 106 valence electrons. The predicted molar refractivity (Wildman–Crippen MR) is 73.3 cm³/mol. The third kappa shape index (κ3) is 4.38. The molecule has 0 unspecified atom stereocenters. The molecule has 2 rings (SSSR count). The van der Waals surface area contributed by atoms with E-state index in [4.69, 9.17) is 5.11 Å². The molecule has 0 saturated heterocycles. The lowest BCUT2D eigenvalue weighted by molar-refractivity contribution is -0.138. The van der Waals surface area contributed by atoms with E-state index >= 15 is 0 Å². The molecule has 20 heavy (non-hydrogen) atoms. The molecule has 3 N–H and O–H groups in total. The minimum atomic E-state index is -1.00. The van der Waals surface area contributed by atoms with Crippen LogP contribution in [-0.2, 0) is 14.4 Å². The van der Waals surface area contributed by atoms with Crippen molar-refractivity contribution in [3.8, 4) is 0 Å². The first-order valence-electron chi connectivity index (χ1n) is 6.47. The summed E-state index contributed by atoms with van der Waals surface area (Å²) in [6, 6.07) is 6.74. The number of nitrogens with one attached hydrogen (secondary N) is 2. The van der Waals surface area contributed by atoms with Crippen molar-refractivity contribution < 1.29 is 19.5 Å². The fraction of sp³-hybridized carbons (Fsp3) is 0.357. The molecule has 1 aromatic carbocycles. The second kappa shape index (κ2) is 6.18. The highest BCUT2D eigenvalue weighted by Gasteiger charge is 2.29. The molecule has 1 aliphatic rings. The van der Waals surface area contributed by atoms with Crippen molar-refractivity contribution in [2.75, 3.05) is 10.6 Å². The second-order valence-corrected chi connectivity index (χ2v) is 4.78. The number of carbonyl (C=O) groups is 3. The highest BCUT2D eigenvalue weighted by molar-refractivity contribution is 5.95. The van der Waals surface area contributed by atoms with Gasteiger partial charge in [-0.05, 0) is 37.1 Å². The maximum atomic E-state index is 11.5. The first-order valence-corrected chi connectivity index (χ1v) is 6.47. The van der Waals surface area contributed by atoms with Crippen LogP contribution in [0, 0.1) is 5.92 Å². The minimum absolute atomic E-state index is 0.0308. The van der Waals surface area contributed by atoms with Gasteiger partial charge in [-0.15, -0.1) is 0 Å². The maximum Gasteiger partial charge on any atom is 0.303 e. The van der Waals surface area contributed by atoms with Crippen molar-refractivity contribution in [2.24, 2.45) is 5.92 Å². The van der Waals surface area contributed by atoms with E-state index in [9.17, 15) is 14.4 Å². The molecule has 0 heterocycles. The van der Waals surface area contributed by atoms with E-state index in [0.29, 0.717) is 11.4 Å². The van der Waals surface area contributed by atoms with E-state index < -0.39 is 5.97 Å². The zero-order valence-corrected chi connectivity index (χ0v) is 10.9. The number of rotatable bonds is 6. The zero-order valence-electron chi connectivity index (χ0n) is 10.9. The summed E-state index contributed by atoms with van der Waals surface area (Å²) in [7, 11) is 0. The average molecular weight is 276 g/mol. The number of benzene rings is 1. The Hall–Kier alpha value is -2.37. The highest BCUT2D eigenvalue weighted by Crippen LogP contribution is 2.30. The van der Waals surface area contributed by atoms with Gasteiger partial charge >= 0.3 is 5.97 Å². The van der Waals surface area contributed by atoms with Gasteiger partial charge in [-0.2, -0.15) is 0 Å². The lowest BCUT2D eigenvalue weighted by atomic mass is 10.2. The molecule has 1 aliphatic carbocycles. The fourth-order valence-corrected chi connectivity index (χ4v) is 1.67. The lowest BCUT2D eigenvalue weighted by Crippen LogP contribution is -2.14. The zero-order chi connectivity index (χ0) is 14.5. The van der Waals surface area contributed by atoms with Crippen LogP contribution in [0.2, 0.25) is 0 Å². The summed E-state index contributed by atoms with van der Waals surface area (Å²) in [6.07, 6.45) is 1.64. The summed E-state index contributed by atoms with van der Waals surface area (Å²) >= 11 is 0. The SMILES string of the molecule is O=C(O)CCC(=O)Nc1ccc(NC(=O)C2CC2)cc1. The van der Waals surface area contributed by atoms with Gasteiger partial charge in [0.15, 0.2) is 0 Å². The summed E-state index contributed by atoms with van der Waals surface area (Å²) < 4.78 is 0. The maximum absolute atomic E-state index is 11.5. The van der Waals surface area contributed by atoms with Gasteiger partial charge in [-0.3, -0.25) is 14.4 Å². The first kappa shape index (κ1) is 14.0. The van der Waals surface area contributed by atoms with Crippen molar-refractivity contribution in [3.63, 3.8) is 0 Å². The molecule has 0 aliphatic heterocycles. The molecular formula is C14H16N2O4. The molecule has 0 radical (unpaired) electrons. The number of carboxylic acids is 1. The molecule has 0 spiro atoms. The largest absolute Gasteiger partial charge is 0.481 e. The fourth-order valence-electron chi connectivity index (χ4n) is 1.67. The normalized spacial score (nSPS) is 13.6. The quantitative estimate of drug-likeness (QED) is 0.738. The summed E-state index contributed by atoms with van der Waals surface area (Å²) in [6.45, 7) is 0. The van der Waals surface area contributed by atoms with Gasteiger partial charge in [0.05, 0.1) is 6.42 Å². The Balaban J connectivity index is 1.82. The Morgan fingerprint density at radius 1 is 1.00 bits per heavy atom.